The van der Waals surface area contributed by atoms with Crippen LogP contribution in [0.4, 0.5) is 10.6 Å². The van der Waals surface area contributed by atoms with Crippen molar-refractivity contribution in [3.05, 3.63) is 47.9 Å². The first-order valence-electron chi connectivity index (χ1n) is 9.81. The molecule has 0 bridgehead atoms. The van der Waals surface area contributed by atoms with E-state index in [9.17, 15) is 4.79 Å². The molecule has 1 aromatic carbocycles. The first-order chi connectivity index (χ1) is 13.8. The number of carbonyl (C=O) groups excluding carboxylic acids is 1. The number of hydrogen-bond acceptors (Lipinski definition) is 6. The van der Waals surface area contributed by atoms with Crippen LogP contribution in [-0.2, 0) is 11.2 Å². The molecule has 4 rings (SSSR count). The Kier molecular flexibility index (Phi) is 4.86. The minimum absolute atomic E-state index is 0.0174. The van der Waals surface area contributed by atoms with E-state index in [1.165, 1.54) is 6.33 Å². The van der Waals surface area contributed by atoms with Crippen molar-refractivity contribution in [1.29, 1.82) is 0 Å². The second kappa shape index (κ2) is 7.35. The number of fused-ring (bicyclic) bond motifs is 1. The molecule has 0 aliphatic carbocycles. The number of amides is 1. The predicted octanol–water partition coefficient (Wildman–Crippen LogP) is 3.18. The summed E-state index contributed by atoms with van der Waals surface area (Å²) in [7, 11) is 0. The van der Waals surface area contributed by atoms with E-state index in [2.05, 4.69) is 22.1 Å². The molecule has 152 valence electrons. The third-order valence-corrected chi connectivity index (χ3v) is 4.97. The minimum Gasteiger partial charge on any atom is -0.444 e. The molecule has 1 aliphatic rings. The van der Waals surface area contributed by atoms with Crippen LogP contribution in [0.15, 0.2) is 36.7 Å². The number of ether oxygens (including phenoxy) is 1. The summed E-state index contributed by atoms with van der Waals surface area (Å²) >= 11 is 0. The molecule has 3 aromatic rings. The van der Waals surface area contributed by atoms with E-state index in [-0.39, 0.29) is 12.1 Å². The Balaban J connectivity index is 1.63. The first kappa shape index (κ1) is 19.2. The molecule has 0 radical (unpaired) electrons. The molecule has 29 heavy (non-hydrogen) atoms. The lowest BCUT2D eigenvalue weighted by atomic mass is 10.1. The summed E-state index contributed by atoms with van der Waals surface area (Å²) in [6, 6.07) is 10.1. The van der Waals surface area contributed by atoms with Crippen molar-refractivity contribution < 1.29 is 9.53 Å². The van der Waals surface area contributed by atoms with E-state index in [0.29, 0.717) is 31.0 Å². The van der Waals surface area contributed by atoms with Gasteiger partial charge in [-0.25, -0.2) is 19.4 Å². The maximum absolute atomic E-state index is 12.4. The topological polar surface area (TPSA) is 99.2 Å². The molecule has 8 nitrogen and oxygen atoms in total. The smallest absolute Gasteiger partial charge is 0.410 e. The molecular formula is C21H26N6O2. The monoisotopic (exact) mass is 394 g/mol. The van der Waals surface area contributed by atoms with Crippen molar-refractivity contribution in [1.82, 2.24) is 24.6 Å². The molecule has 0 saturated carbocycles. The highest BCUT2D eigenvalue weighted by atomic mass is 16.6. The number of nitrogen functional groups attached to an aromatic ring is 1. The Labute approximate surface area is 169 Å². The van der Waals surface area contributed by atoms with Gasteiger partial charge in [0.2, 0.25) is 0 Å². The zero-order chi connectivity index (χ0) is 20.6. The Hall–Kier alpha value is -3.16. The lowest BCUT2D eigenvalue weighted by molar-refractivity contribution is 0.0288. The van der Waals surface area contributed by atoms with Gasteiger partial charge in [0.1, 0.15) is 17.7 Å². The van der Waals surface area contributed by atoms with Gasteiger partial charge in [0.25, 0.3) is 0 Å². The Bertz CT molecular complexity index is 1020. The summed E-state index contributed by atoms with van der Waals surface area (Å²) in [5.74, 6) is 0.425. The predicted molar refractivity (Wildman–Crippen MR) is 110 cm³/mol. The summed E-state index contributed by atoms with van der Waals surface area (Å²) in [4.78, 5) is 22.8. The summed E-state index contributed by atoms with van der Waals surface area (Å²) in [5.41, 5.74) is 8.36. The molecule has 2 N–H and O–H groups in total. The van der Waals surface area contributed by atoms with Crippen LogP contribution >= 0.6 is 0 Å². The van der Waals surface area contributed by atoms with Crippen LogP contribution in [-0.4, -0.2) is 49.4 Å². The minimum atomic E-state index is -0.516. The zero-order valence-corrected chi connectivity index (χ0v) is 17.0. The second-order valence-electron chi connectivity index (χ2n) is 8.38. The fourth-order valence-corrected chi connectivity index (χ4v) is 3.67. The van der Waals surface area contributed by atoms with Crippen LogP contribution in [0.3, 0.4) is 0 Å². The van der Waals surface area contributed by atoms with Crippen molar-refractivity contribution in [3.63, 3.8) is 0 Å². The van der Waals surface area contributed by atoms with Crippen LogP contribution in [0.5, 0.6) is 0 Å². The number of anilines is 1. The van der Waals surface area contributed by atoms with E-state index in [0.717, 1.165) is 23.1 Å². The maximum Gasteiger partial charge on any atom is 0.410 e. The summed E-state index contributed by atoms with van der Waals surface area (Å²) < 4.78 is 7.41. The molecule has 3 heterocycles. The Morgan fingerprint density at radius 3 is 2.72 bits per heavy atom. The van der Waals surface area contributed by atoms with Crippen LogP contribution in [0.25, 0.3) is 11.0 Å². The molecule has 1 aliphatic heterocycles. The normalized spacial score (nSPS) is 17.1. The van der Waals surface area contributed by atoms with Gasteiger partial charge >= 0.3 is 6.09 Å². The van der Waals surface area contributed by atoms with E-state index < -0.39 is 5.60 Å². The number of rotatable bonds is 3. The van der Waals surface area contributed by atoms with Gasteiger partial charge in [-0.15, -0.1) is 0 Å². The van der Waals surface area contributed by atoms with Crippen LogP contribution in [0, 0.1) is 0 Å². The van der Waals surface area contributed by atoms with Gasteiger partial charge in [-0.3, -0.25) is 0 Å². The molecular weight excluding hydrogens is 368 g/mol. The van der Waals surface area contributed by atoms with E-state index in [1.54, 1.807) is 4.90 Å². The van der Waals surface area contributed by atoms with E-state index in [1.807, 2.05) is 43.7 Å². The van der Waals surface area contributed by atoms with Crippen molar-refractivity contribution >= 4 is 22.9 Å². The van der Waals surface area contributed by atoms with E-state index in [4.69, 9.17) is 15.6 Å². The fraction of sp³-hybridized carbons (Fsp3) is 0.429. The van der Waals surface area contributed by atoms with Gasteiger partial charge < -0.3 is 15.4 Å². The molecule has 2 aromatic heterocycles. The number of carbonyl (C=O) groups is 1. The molecule has 1 unspecified atom stereocenters. The third kappa shape index (κ3) is 4.01. The van der Waals surface area contributed by atoms with Gasteiger partial charge in [-0.2, -0.15) is 5.10 Å². The van der Waals surface area contributed by atoms with Gasteiger partial charge in [-0.1, -0.05) is 30.3 Å². The largest absolute Gasteiger partial charge is 0.444 e. The van der Waals surface area contributed by atoms with E-state index >= 15 is 0 Å². The highest BCUT2D eigenvalue weighted by molar-refractivity contribution is 5.88. The summed E-state index contributed by atoms with van der Waals surface area (Å²) in [5, 5.41) is 5.64. The number of nitrogens with zero attached hydrogens (tertiary/aromatic N) is 5. The van der Waals surface area contributed by atoms with Crippen LogP contribution < -0.4 is 5.73 Å². The number of nitrogens with two attached hydrogens (primary N) is 1. The summed E-state index contributed by atoms with van der Waals surface area (Å²) in [6.07, 6.45) is 2.59. The standard InChI is InChI=1S/C21H26N6O2/c1-21(2,3)29-20(28)26-10-9-15(12-26)27-19-17(18(22)23-13-24-19)16(25-27)11-14-7-5-4-6-8-14/h4-8,13,15H,9-12H2,1-3H3,(H2,22,23,24). The Morgan fingerprint density at radius 2 is 2.00 bits per heavy atom. The van der Waals surface area contributed by atoms with Crippen LogP contribution in [0.2, 0.25) is 0 Å². The number of likely N-dealkylation sites (tertiary alicyclic amines) is 1. The Morgan fingerprint density at radius 1 is 1.24 bits per heavy atom. The fourth-order valence-electron chi connectivity index (χ4n) is 3.67. The van der Waals surface area contributed by atoms with Gasteiger partial charge in [0.05, 0.1) is 17.1 Å². The highest BCUT2D eigenvalue weighted by Gasteiger charge is 2.32. The quantitative estimate of drug-likeness (QED) is 0.732. The van der Waals surface area contributed by atoms with Crippen molar-refractivity contribution in [2.75, 3.05) is 18.8 Å². The number of hydrogen-bond donors (Lipinski definition) is 1. The van der Waals surface area contributed by atoms with Crippen molar-refractivity contribution in [3.8, 4) is 0 Å². The lowest BCUT2D eigenvalue weighted by Gasteiger charge is -2.24. The van der Waals surface area contributed by atoms with Crippen molar-refractivity contribution in [2.45, 2.75) is 45.3 Å². The maximum atomic E-state index is 12.4. The molecule has 1 saturated heterocycles. The number of aromatic nitrogens is 4. The third-order valence-electron chi connectivity index (χ3n) is 4.97. The highest BCUT2D eigenvalue weighted by Crippen LogP contribution is 2.30. The molecule has 0 spiro atoms. The van der Waals surface area contributed by atoms with Gasteiger partial charge in [0.15, 0.2) is 5.65 Å². The lowest BCUT2D eigenvalue weighted by Crippen LogP contribution is -2.35. The molecule has 8 heteroatoms. The molecule has 1 amide bonds. The van der Waals surface area contributed by atoms with Gasteiger partial charge in [-0.05, 0) is 32.8 Å². The second-order valence-corrected chi connectivity index (χ2v) is 8.38. The average molecular weight is 394 g/mol. The first-order valence-corrected chi connectivity index (χ1v) is 9.81. The molecule has 1 fully saturated rings. The van der Waals surface area contributed by atoms with Crippen LogP contribution in [0.1, 0.15) is 44.5 Å². The SMILES string of the molecule is CC(C)(C)OC(=O)N1CCC(n2nc(Cc3ccccc3)c3c(N)ncnc32)C1. The summed E-state index contributed by atoms with van der Waals surface area (Å²) in [6.45, 7) is 6.76. The molecule has 1 atom stereocenters. The average Bonchev–Trinajstić information content (AvgIpc) is 3.27. The van der Waals surface area contributed by atoms with Crippen molar-refractivity contribution in [2.24, 2.45) is 0 Å². The zero-order valence-electron chi connectivity index (χ0n) is 17.0. The van der Waals surface area contributed by atoms with Gasteiger partial charge in [0, 0.05) is 19.5 Å². The number of benzene rings is 1.